The SMILES string of the molecule is CCN(CC(=O)Nc1ccc(OC)cc1)CC(=O)N1CCc2ccccc21. The minimum absolute atomic E-state index is 0.0269. The highest BCUT2D eigenvalue weighted by atomic mass is 16.5. The number of hydrogen-bond acceptors (Lipinski definition) is 4. The number of methoxy groups -OCH3 is 1. The van der Waals surface area contributed by atoms with E-state index >= 15 is 0 Å². The van der Waals surface area contributed by atoms with Gasteiger partial charge < -0.3 is 15.0 Å². The lowest BCUT2D eigenvalue weighted by Crippen LogP contribution is -2.42. The molecule has 2 amide bonds. The number of fused-ring (bicyclic) bond motifs is 1. The highest BCUT2D eigenvalue weighted by Gasteiger charge is 2.25. The van der Waals surface area contributed by atoms with Crippen LogP contribution in [0.25, 0.3) is 0 Å². The summed E-state index contributed by atoms with van der Waals surface area (Å²) in [5, 5.41) is 2.86. The maximum absolute atomic E-state index is 12.7. The zero-order valence-electron chi connectivity index (χ0n) is 15.8. The molecule has 1 aliphatic heterocycles. The van der Waals surface area contributed by atoms with Crippen molar-refractivity contribution in [3.63, 3.8) is 0 Å². The van der Waals surface area contributed by atoms with Crippen molar-refractivity contribution in [1.82, 2.24) is 4.90 Å². The Morgan fingerprint density at radius 1 is 1.11 bits per heavy atom. The lowest BCUT2D eigenvalue weighted by molar-refractivity contribution is -0.121. The van der Waals surface area contributed by atoms with Gasteiger partial charge in [0.1, 0.15) is 5.75 Å². The van der Waals surface area contributed by atoms with Crippen molar-refractivity contribution in [3.8, 4) is 5.75 Å². The molecule has 0 aromatic heterocycles. The van der Waals surface area contributed by atoms with Gasteiger partial charge in [0, 0.05) is 17.9 Å². The monoisotopic (exact) mass is 367 g/mol. The number of ether oxygens (including phenoxy) is 1. The summed E-state index contributed by atoms with van der Waals surface area (Å²) in [7, 11) is 1.60. The maximum Gasteiger partial charge on any atom is 0.241 e. The number of carbonyl (C=O) groups excluding carboxylic acids is 2. The lowest BCUT2D eigenvalue weighted by Gasteiger charge is -2.23. The van der Waals surface area contributed by atoms with Gasteiger partial charge in [-0.15, -0.1) is 0 Å². The van der Waals surface area contributed by atoms with Gasteiger partial charge >= 0.3 is 0 Å². The van der Waals surface area contributed by atoms with E-state index in [4.69, 9.17) is 4.74 Å². The molecule has 2 aromatic carbocycles. The number of rotatable bonds is 7. The summed E-state index contributed by atoms with van der Waals surface area (Å²) in [6, 6.07) is 15.1. The first-order chi connectivity index (χ1) is 13.1. The molecule has 0 atom stereocenters. The average molecular weight is 367 g/mol. The van der Waals surface area contributed by atoms with Crippen LogP contribution in [0.4, 0.5) is 11.4 Å². The molecule has 0 fully saturated rings. The van der Waals surface area contributed by atoms with E-state index in [1.165, 1.54) is 5.56 Å². The van der Waals surface area contributed by atoms with E-state index in [0.717, 1.165) is 17.9 Å². The molecule has 0 bridgehead atoms. The van der Waals surface area contributed by atoms with E-state index < -0.39 is 0 Å². The normalized spacial score (nSPS) is 12.8. The number of hydrogen-bond donors (Lipinski definition) is 1. The molecule has 1 heterocycles. The van der Waals surface area contributed by atoms with E-state index in [1.54, 1.807) is 31.4 Å². The molecule has 6 nitrogen and oxygen atoms in total. The second-order valence-electron chi connectivity index (χ2n) is 6.50. The summed E-state index contributed by atoms with van der Waals surface area (Å²) in [6.45, 7) is 3.67. The van der Waals surface area contributed by atoms with Crippen molar-refractivity contribution in [3.05, 3.63) is 54.1 Å². The van der Waals surface area contributed by atoms with Gasteiger partial charge in [0.2, 0.25) is 11.8 Å². The van der Waals surface area contributed by atoms with Crippen LogP contribution in [0.1, 0.15) is 12.5 Å². The molecule has 1 aliphatic rings. The largest absolute Gasteiger partial charge is 0.497 e. The average Bonchev–Trinajstić information content (AvgIpc) is 3.12. The number of nitrogens with zero attached hydrogens (tertiary/aromatic N) is 2. The quantitative estimate of drug-likeness (QED) is 0.817. The molecule has 0 aliphatic carbocycles. The second kappa shape index (κ2) is 8.68. The van der Waals surface area contributed by atoms with Crippen LogP contribution in [-0.2, 0) is 16.0 Å². The molecule has 27 heavy (non-hydrogen) atoms. The number of likely N-dealkylation sites (N-methyl/N-ethyl adjacent to an activating group) is 1. The number of carbonyl (C=O) groups is 2. The van der Waals surface area contributed by atoms with Crippen molar-refractivity contribution in [2.75, 3.05) is 43.5 Å². The van der Waals surface area contributed by atoms with E-state index in [9.17, 15) is 9.59 Å². The van der Waals surface area contributed by atoms with Gasteiger partial charge in [-0.3, -0.25) is 14.5 Å². The van der Waals surface area contributed by atoms with Gasteiger partial charge in [0.15, 0.2) is 0 Å². The Bertz CT molecular complexity index is 805. The third kappa shape index (κ3) is 4.65. The van der Waals surface area contributed by atoms with Crippen LogP contribution in [-0.4, -0.2) is 50.0 Å². The molecular formula is C21H25N3O3. The summed E-state index contributed by atoms with van der Waals surface area (Å²) in [6.07, 6.45) is 0.881. The van der Waals surface area contributed by atoms with Crippen LogP contribution in [0.5, 0.6) is 5.75 Å². The standard InChI is InChI=1S/C21H25N3O3/c1-3-23(14-20(25)22-17-8-10-18(27-2)11-9-17)15-21(26)24-13-12-16-6-4-5-7-19(16)24/h4-11H,3,12-15H2,1-2H3,(H,22,25). The van der Waals surface area contributed by atoms with Crippen molar-refractivity contribution >= 4 is 23.2 Å². The predicted molar refractivity (Wildman–Crippen MR) is 106 cm³/mol. The Morgan fingerprint density at radius 3 is 2.56 bits per heavy atom. The zero-order valence-corrected chi connectivity index (χ0v) is 15.8. The topological polar surface area (TPSA) is 61.9 Å². The van der Waals surface area contributed by atoms with E-state index in [0.29, 0.717) is 18.8 Å². The maximum atomic E-state index is 12.7. The molecular weight excluding hydrogens is 342 g/mol. The first kappa shape index (κ1) is 18.9. The summed E-state index contributed by atoms with van der Waals surface area (Å²) < 4.78 is 5.11. The summed E-state index contributed by atoms with van der Waals surface area (Å²) >= 11 is 0. The van der Waals surface area contributed by atoms with Crippen LogP contribution in [0.2, 0.25) is 0 Å². The van der Waals surface area contributed by atoms with Crippen LogP contribution in [0.3, 0.4) is 0 Å². The number of benzene rings is 2. The molecule has 0 radical (unpaired) electrons. The molecule has 2 aromatic rings. The minimum Gasteiger partial charge on any atom is -0.497 e. The third-order valence-electron chi connectivity index (χ3n) is 4.74. The first-order valence-electron chi connectivity index (χ1n) is 9.15. The number of amides is 2. The van der Waals surface area contributed by atoms with Gasteiger partial charge in [-0.1, -0.05) is 25.1 Å². The summed E-state index contributed by atoms with van der Waals surface area (Å²) in [4.78, 5) is 28.7. The van der Waals surface area contributed by atoms with Crippen LogP contribution >= 0.6 is 0 Å². The molecule has 0 unspecified atom stereocenters. The van der Waals surface area contributed by atoms with Gasteiger partial charge in [0.05, 0.1) is 20.2 Å². The molecule has 142 valence electrons. The molecule has 0 saturated carbocycles. The molecule has 1 N–H and O–H groups in total. The number of para-hydroxylation sites is 1. The predicted octanol–water partition coefficient (Wildman–Crippen LogP) is 2.54. The van der Waals surface area contributed by atoms with Crippen molar-refractivity contribution in [2.24, 2.45) is 0 Å². The molecule has 3 rings (SSSR count). The Labute approximate surface area is 159 Å². The van der Waals surface area contributed by atoms with Crippen LogP contribution in [0, 0.1) is 0 Å². The van der Waals surface area contributed by atoms with Crippen molar-refractivity contribution in [2.45, 2.75) is 13.3 Å². The van der Waals surface area contributed by atoms with Gasteiger partial charge in [0.25, 0.3) is 0 Å². The van der Waals surface area contributed by atoms with Crippen molar-refractivity contribution in [1.29, 1.82) is 0 Å². The van der Waals surface area contributed by atoms with Crippen molar-refractivity contribution < 1.29 is 14.3 Å². The van der Waals surface area contributed by atoms with Crippen LogP contribution in [0.15, 0.2) is 48.5 Å². The zero-order chi connectivity index (χ0) is 19.2. The Kier molecular flexibility index (Phi) is 6.08. The van der Waals surface area contributed by atoms with E-state index in [-0.39, 0.29) is 24.9 Å². The van der Waals surface area contributed by atoms with E-state index in [1.807, 2.05) is 34.9 Å². The third-order valence-corrected chi connectivity index (χ3v) is 4.74. The highest BCUT2D eigenvalue weighted by molar-refractivity contribution is 5.97. The van der Waals surface area contributed by atoms with Crippen LogP contribution < -0.4 is 15.0 Å². The fourth-order valence-electron chi connectivity index (χ4n) is 3.23. The Morgan fingerprint density at radius 2 is 1.85 bits per heavy atom. The smallest absolute Gasteiger partial charge is 0.241 e. The highest BCUT2D eigenvalue weighted by Crippen LogP contribution is 2.27. The summed E-state index contributed by atoms with van der Waals surface area (Å²) in [5.74, 6) is 0.621. The van der Waals surface area contributed by atoms with Gasteiger partial charge in [-0.25, -0.2) is 0 Å². The van der Waals surface area contributed by atoms with Gasteiger partial charge in [-0.05, 0) is 48.9 Å². The summed E-state index contributed by atoms with van der Waals surface area (Å²) in [5.41, 5.74) is 2.89. The number of nitrogens with one attached hydrogen (secondary N) is 1. The fourth-order valence-corrected chi connectivity index (χ4v) is 3.23. The minimum atomic E-state index is -0.142. The Balaban J connectivity index is 1.55. The fraction of sp³-hybridized carbons (Fsp3) is 0.333. The molecule has 0 spiro atoms. The Hall–Kier alpha value is -2.86. The number of anilines is 2. The lowest BCUT2D eigenvalue weighted by atomic mass is 10.2. The molecule has 0 saturated heterocycles. The first-order valence-corrected chi connectivity index (χ1v) is 9.15. The second-order valence-corrected chi connectivity index (χ2v) is 6.50. The molecule has 6 heteroatoms. The van der Waals surface area contributed by atoms with E-state index in [2.05, 4.69) is 11.4 Å². The van der Waals surface area contributed by atoms with Gasteiger partial charge in [-0.2, -0.15) is 0 Å².